The second-order valence-corrected chi connectivity index (χ2v) is 7.27. The molecule has 0 N–H and O–H groups in total. The lowest BCUT2D eigenvalue weighted by Crippen LogP contribution is -2.40. The average Bonchev–Trinajstić information content (AvgIpc) is 3.26. The second-order valence-electron chi connectivity index (χ2n) is 7.27. The number of anilines is 1. The molecule has 3 heterocycles. The van der Waals surface area contributed by atoms with Gasteiger partial charge in [-0.05, 0) is 50.5 Å². The van der Waals surface area contributed by atoms with Crippen LogP contribution in [-0.4, -0.2) is 4.98 Å². The zero-order chi connectivity index (χ0) is 16.3. The molecule has 1 spiro atoms. The van der Waals surface area contributed by atoms with E-state index in [4.69, 9.17) is 4.42 Å². The first kappa shape index (κ1) is 14.1. The van der Waals surface area contributed by atoms with Gasteiger partial charge >= 0.3 is 0 Å². The second kappa shape index (κ2) is 4.85. The Labute approximate surface area is 142 Å². The molecule has 3 aromatic rings. The molecule has 5 rings (SSSR count). The summed E-state index contributed by atoms with van der Waals surface area (Å²) in [5.41, 5.74) is 4.94. The maximum absolute atomic E-state index is 6.25. The van der Waals surface area contributed by atoms with Crippen molar-refractivity contribution in [2.24, 2.45) is 0 Å². The summed E-state index contributed by atoms with van der Waals surface area (Å²) in [5, 5.41) is 1.21. The Kier molecular flexibility index (Phi) is 2.85. The van der Waals surface area contributed by atoms with Crippen LogP contribution in [0.15, 0.2) is 47.0 Å². The Bertz CT molecular complexity index is 920. The molecule has 1 aliphatic heterocycles. The van der Waals surface area contributed by atoms with Gasteiger partial charge in [0, 0.05) is 22.8 Å². The fourth-order valence-electron chi connectivity index (χ4n) is 5.06. The zero-order valence-corrected chi connectivity index (χ0v) is 14.2. The largest absolute Gasteiger partial charge is 0.440 e. The highest BCUT2D eigenvalue weighted by Crippen LogP contribution is 2.59. The summed E-state index contributed by atoms with van der Waals surface area (Å²) in [6, 6.07) is 13.2. The van der Waals surface area contributed by atoms with E-state index in [-0.39, 0.29) is 11.6 Å². The Morgan fingerprint density at radius 2 is 1.92 bits per heavy atom. The van der Waals surface area contributed by atoms with Crippen molar-refractivity contribution in [1.29, 1.82) is 0 Å². The molecule has 1 aromatic carbocycles. The Morgan fingerprint density at radius 3 is 2.71 bits per heavy atom. The zero-order valence-electron chi connectivity index (χ0n) is 14.2. The van der Waals surface area contributed by atoms with Crippen LogP contribution in [0.5, 0.6) is 0 Å². The summed E-state index contributed by atoms with van der Waals surface area (Å²) in [6.07, 6.45) is 6.78. The van der Waals surface area contributed by atoms with E-state index in [1.165, 1.54) is 47.9 Å². The molecule has 0 bridgehead atoms. The minimum Gasteiger partial charge on any atom is -0.440 e. The summed E-state index contributed by atoms with van der Waals surface area (Å²) < 4.78 is 6.25. The molecule has 122 valence electrons. The Balaban J connectivity index is 1.80. The smallest absolute Gasteiger partial charge is 0.226 e. The lowest BCUT2D eigenvalue weighted by atomic mass is 9.87. The third kappa shape index (κ3) is 1.65. The number of hydrogen-bond donors (Lipinski definition) is 0. The molecular weight excluding hydrogens is 296 g/mol. The third-order valence-electron chi connectivity index (χ3n) is 5.99. The fourth-order valence-corrected chi connectivity index (χ4v) is 5.06. The minimum atomic E-state index is 0.0646. The number of aryl methyl sites for hydroxylation is 1. The molecule has 0 radical (unpaired) electrons. The quantitative estimate of drug-likeness (QED) is 0.594. The van der Waals surface area contributed by atoms with Crippen molar-refractivity contribution in [2.75, 3.05) is 4.90 Å². The van der Waals surface area contributed by atoms with Crippen molar-refractivity contribution in [2.45, 2.75) is 51.1 Å². The minimum absolute atomic E-state index is 0.0646. The molecule has 2 aromatic heterocycles. The van der Waals surface area contributed by atoms with Crippen molar-refractivity contribution in [3.8, 4) is 0 Å². The van der Waals surface area contributed by atoms with Crippen LogP contribution in [-0.2, 0) is 5.54 Å². The van der Waals surface area contributed by atoms with Gasteiger partial charge in [-0.25, -0.2) is 4.98 Å². The number of hydrogen-bond acceptors (Lipinski definition) is 3. The van der Waals surface area contributed by atoms with Crippen molar-refractivity contribution in [3.63, 3.8) is 0 Å². The molecule has 1 fully saturated rings. The Hall–Kier alpha value is -2.29. The molecule has 3 nitrogen and oxygen atoms in total. The van der Waals surface area contributed by atoms with E-state index in [0.717, 1.165) is 11.5 Å². The molecule has 2 aliphatic rings. The van der Waals surface area contributed by atoms with Crippen molar-refractivity contribution in [1.82, 2.24) is 4.98 Å². The molecule has 1 unspecified atom stereocenters. The number of rotatable bonds is 1. The third-order valence-corrected chi connectivity index (χ3v) is 5.99. The van der Waals surface area contributed by atoms with Gasteiger partial charge in [0.15, 0.2) is 0 Å². The van der Waals surface area contributed by atoms with Gasteiger partial charge in [0.05, 0.1) is 11.6 Å². The topological polar surface area (TPSA) is 29.3 Å². The van der Waals surface area contributed by atoms with E-state index in [2.05, 4.69) is 54.1 Å². The van der Waals surface area contributed by atoms with E-state index in [9.17, 15) is 0 Å². The number of aromatic nitrogens is 1. The van der Waals surface area contributed by atoms with Gasteiger partial charge in [-0.1, -0.05) is 31.0 Å². The lowest BCUT2D eigenvalue weighted by Gasteiger charge is -2.41. The highest BCUT2D eigenvalue weighted by molar-refractivity contribution is 5.84. The van der Waals surface area contributed by atoms with E-state index >= 15 is 0 Å². The first-order valence-corrected chi connectivity index (χ1v) is 8.95. The number of fused-ring (bicyclic) bond motifs is 4. The van der Waals surface area contributed by atoms with Crippen LogP contribution in [0.3, 0.4) is 0 Å². The number of nitrogens with zero attached hydrogens (tertiary/aromatic N) is 2. The molecule has 1 saturated carbocycles. The first-order chi connectivity index (χ1) is 11.7. The van der Waals surface area contributed by atoms with Crippen LogP contribution in [0.2, 0.25) is 0 Å². The summed E-state index contributed by atoms with van der Waals surface area (Å²) in [7, 11) is 0. The fraction of sp³-hybridized carbons (Fsp3) is 0.381. The average molecular weight is 318 g/mol. The highest BCUT2D eigenvalue weighted by Gasteiger charge is 2.53. The summed E-state index contributed by atoms with van der Waals surface area (Å²) >= 11 is 0. The molecule has 1 atom stereocenters. The summed E-state index contributed by atoms with van der Waals surface area (Å²) in [4.78, 5) is 7.10. The SMILES string of the molecule is Cc1ccccc1N1C(C)c2oc3ncccc3c2C12CCCC2. The van der Waals surface area contributed by atoms with Gasteiger partial charge in [-0.2, -0.15) is 0 Å². The van der Waals surface area contributed by atoms with Gasteiger partial charge in [0.25, 0.3) is 0 Å². The standard InChI is InChI=1S/C21H22N2O/c1-14-8-3-4-10-17(14)23-15(2)19-18(21(23)11-5-6-12-21)16-9-7-13-22-20(16)24-19/h3-4,7-10,13,15H,5-6,11-12H2,1-2H3. The van der Waals surface area contributed by atoms with Gasteiger partial charge < -0.3 is 9.32 Å². The maximum Gasteiger partial charge on any atom is 0.226 e. The number of pyridine rings is 1. The van der Waals surface area contributed by atoms with Crippen LogP contribution < -0.4 is 4.90 Å². The molecule has 24 heavy (non-hydrogen) atoms. The van der Waals surface area contributed by atoms with Crippen molar-refractivity contribution in [3.05, 3.63) is 59.5 Å². The molecule has 1 aliphatic carbocycles. The Morgan fingerprint density at radius 1 is 1.12 bits per heavy atom. The van der Waals surface area contributed by atoms with E-state index in [1.54, 1.807) is 0 Å². The predicted octanol–water partition coefficient (Wildman–Crippen LogP) is 5.49. The normalized spacial score (nSPS) is 21.8. The number of furan rings is 1. The molecule has 0 saturated heterocycles. The van der Waals surface area contributed by atoms with Crippen LogP contribution in [0.1, 0.15) is 55.5 Å². The van der Waals surface area contributed by atoms with Crippen molar-refractivity contribution < 1.29 is 4.42 Å². The summed E-state index contributed by atoms with van der Waals surface area (Å²) in [6.45, 7) is 4.49. The van der Waals surface area contributed by atoms with E-state index in [1.807, 2.05) is 12.3 Å². The van der Waals surface area contributed by atoms with Crippen LogP contribution in [0.25, 0.3) is 11.1 Å². The van der Waals surface area contributed by atoms with Crippen LogP contribution in [0.4, 0.5) is 5.69 Å². The van der Waals surface area contributed by atoms with Crippen molar-refractivity contribution >= 4 is 16.8 Å². The lowest BCUT2D eigenvalue weighted by molar-refractivity contribution is 0.410. The number of benzene rings is 1. The summed E-state index contributed by atoms with van der Waals surface area (Å²) in [5.74, 6) is 1.12. The maximum atomic E-state index is 6.25. The first-order valence-electron chi connectivity index (χ1n) is 8.95. The van der Waals surface area contributed by atoms with Gasteiger partial charge in [-0.3, -0.25) is 0 Å². The predicted molar refractivity (Wildman–Crippen MR) is 96.2 cm³/mol. The van der Waals surface area contributed by atoms with Gasteiger partial charge in [0.1, 0.15) is 5.76 Å². The molecule has 3 heteroatoms. The van der Waals surface area contributed by atoms with Gasteiger partial charge in [-0.15, -0.1) is 0 Å². The van der Waals surface area contributed by atoms with Crippen LogP contribution in [0, 0.1) is 6.92 Å². The monoisotopic (exact) mass is 318 g/mol. The van der Waals surface area contributed by atoms with E-state index < -0.39 is 0 Å². The molecular formula is C21H22N2O. The van der Waals surface area contributed by atoms with E-state index in [0.29, 0.717) is 0 Å². The number of para-hydroxylation sites is 1. The van der Waals surface area contributed by atoms with Crippen LogP contribution >= 0.6 is 0 Å². The van der Waals surface area contributed by atoms with Gasteiger partial charge in [0.2, 0.25) is 5.71 Å². The highest BCUT2D eigenvalue weighted by atomic mass is 16.3. The molecule has 0 amide bonds.